The Hall–Kier alpha value is -2.14. The first-order valence-corrected chi connectivity index (χ1v) is 6.68. The average molecular weight is 290 g/mol. The summed E-state index contributed by atoms with van der Waals surface area (Å²) in [6, 6.07) is 6.94. The Morgan fingerprint density at radius 3 is 2.85 bits per heavy atom. The Bertz CT molecular complexity index is 717. The zero-order valence-electron chi connectivity index (χ0n) is 10.8. The maximum Gasteiger partial charge on any atom is 0.258 e. The third-order valence-corrected chi connectivity index (χ3v) is 3.62. The molecule has 1 fully saturated rings. The molecule has 1 aliphatic heterocycles. The number of carbonyl (C=O) groups excluding carboxylic acids is 2. The summed E-state index contributed by atoms with van der Waals surface area (Å²) >= 11 is 5.94. The van der Waals surface area contributed by atoms with Crippen LogP contribution in [0.15, 0.2) is 30.5 Å². The molecule has 6 heteroatoms. The highest BCUT2D eigenvalue weighted by Gasteiger charge is 2.39. The largest absolute Gasteiger partial charge is 0.272 e. The topological polar surface area (TPSA) is 62.3 Å². The molecule has 1 aromatic heterocycles. The van der Waals surface area contributed by atoms with Crippen molar-refractivity contribution in [3.05, 3.63) is 35.5 Å². The Labute approximate surface area is 120 Å². The van der Waals surface area contributed by atoms with Gasteiger partial charge in [0.1, 0.15) is 5.92 Å². The first kappa shape index (κ1) is 12.9. The molecule has 0 spiro atoms. The van der Waals surface area contributed by atoms with Crippen molar-refractivity contribution in [2.45, 2.75) is 13.3 Å². The van der Waals surface area contributed by atoms with Gasteiger partial charge in [-0.15, -0.1) is 0 Å². The third kappa shape index (κ3) is 1.91. The molecule has 1 unspecified atom stereocenters. The number of nitrogens with zero attached hydrogens (tertiary/aromatic N) is 2. The summed E-state index contributed by atoms with van der Waals surface area (Å²) < 4.78 is 0. The minimum absolute atomic E-state index is 0.236. The number of hydrogen-bond acceptors (Lipinski definition) is 3. The number of aromatic nitrogens is 1. The number of hydrogen-bond donors (Lipinski definition) is 1. The van der Waals surface area contributed by atoms with Crippen molar-refractivity contribution in [1.29, 1.82) is 0 Å². The van der Waals surface area contributed by atoms with Gasteiger partial charge >= 0.3 is 0 Å². The molecule has 0 radical (unpaired) electrons. The fraction of sp³-hybridized carbons (Fsp3) is 0.214. The Kier molecular flexibility index (Phi) is 3.06. The summed E-state index contributed by atoms with van der Waals surface area (Å²) in [5.41, 5.74) is 3.90. The lowest BCUT2D eigenvalue weighted by molar-refractivity contribution is -0.127. The van der Waals surface area contributed by atoms with E-state index in [0.29, 0.717) is 22.6 Å². The van der Waals surface area contributed by atoms with E-state index in [-0.39, 0.29) is 11.8 Å². The van der Waals surface area contributed by atoms with Crippen molar-refractivity contribution < 1.29 is 9.59 Å². The van der Waals surface area contributed by atoms with Crippen molar-refractivity contribution in [2.24, 2.45) is 5.92 Å². The van der Waals surface area contributed by atoms with E-state index in [2.05, 4.69) is 10.4 Å². The zero-order chi connectivity index (χ0) is 14.3. The summed E-state index contributed by atoms with van der Waals surface area (Å²) in [5.74, 6) is -1.12. The van der Waals surface area contributed by atoms with Gasteiger partial charge in [-0.2, -0.15) is 0 Å². The molecule has 1 atom stereocenters. The molecule has 1 aliphatic rings. The van der Waals surface area contributed by atoms with Gasteiger partial charge < -0.3 is 0 Å². The number of fused-ring (bicyclic) bond motifs is 1. The normalized spacial score (nSPS) is 18.7. The van der Waals surface area contributed by atoms with Gasteiger partial charge in [0.25, 0.3) is 11.8 Å². The molecule has 0 saturated carbocycles. The molecule has 2 aromatic rings. The number of pyridine rings is 1. The number of anilines is 1. The van der Waals surface area contributed by atoms with E-state index >= 15 is 0 Å². The summed E-state index contributed by atoms with van der Waals surface area (Å²) in [5, 5.41) is 2.64. The van der Waals surface area contributed by atoms with Gasteiger partial charge in [0.15, 0.2) is 0 Å². The minimum Gasteiger partial charge on any atom is -0.272 e. The van der Waals surface area contributed by atoms with Crippen LogP contribution in [0.4, 0.5) is 5.69 Å². The second-order valence-corrected chi connectivity index (χ2v) is 5.04. The van der Waals surface area contributed by atoms with Crippen LogP contribution in [0, 0.1) is 5.92 Å². The second kappa shape index (κ2) is 4.76. The Morgan fingerprint density at radius 1 is 1.35 bits per heavy atom. The first-order valence-electron chi connectivity index (χ1n) is 6.30. The summed E-state index contributed by atoms with van der Waals surface area (Å²) in [7, 11) is 0. The van der Waals surface area contributed by atoms with Crippen LogP contribution < -0.4 is 10.4 Å². The smallest absolute Gasteiger partial charge is 0.258 e. The fourth-order valence-corrected chi connectivity index (χ4v) is 2.52. The summed E-state index contributed by atoms with van der Waals surface area (Å²) in [4.78, 5) is 28.3. The van der Waals surface area contributed by atoms with Gasteiger partial charge in [-0.05, 0) is 30.7 Å². The molecule has 5 nitrogen and oxygen atoms in total. The number of nitrogens with one attached hydrogen (secondary N) is 1. The highest BCUT2D eigenvalue weighted by molar-refractivity contribution is 6.31. The Morgan fingerprint density at radius 2 is 2.15 bits per heavy atom. The van der Waals surface area contributed by atoms with Crippen molar-refractivity contribution in [3.8, 4) is 0 Å². The van der Waals surface area contributed by atoms with Crippen molar-refractivity contribution >= 4 is 40.0 Å². The van der Waals surface area contributed by atoms with Crippen LogP contribution in [0.2, 0.25) is 5.02 Å². The molecule has 1 N–H and O–H groups in total. The van der Waals surface area contributed by atoms with E-state index in [1.807, 2.05) is 6.92 Å². The quantitative estimate of drug-likeness (QED) is 0.863. The summed E-state index contributed by atoms with van der Waals surface area (Å²) in [6.45, 7) is 1.82. The van der Waals surface area contributed by atoms with Crippen LogP contribution in [-0.4, -0.2) is 16.8 Å². The molecule has 1 aromatic carbocycles. The monoisotopic (exact) mass is 289 g/mol. The zero-order valence-corrected chi connectivity index (χ0v) is 11.5. The van der Waals surface area contributed by atoms with E-state index in [1.165, 1.54) is 5.01 Å². The molecule has 0 aliphatic carbocycles. The molecular formula is C14H12ClN3O2. The Balaban J connectivity index is 2.12. The van der Waals surface area contributed by atoms with Crippen LogP contribution in [-0.2, 0) is 9.59 Å². The second-order valence-electron chi connectivity index (χ2n) is 4.60. The van der Waals surface area contributed by atoms with Gasteiger partial charge in [0, 0.05) is 16.6 Å². The molecule has 0 bridgehead atoms. The van der Waals surface area contributed by atoms with Crippen LogP contribution in [0.5, 0.6) is 0 Å². The van der Waals surface area contributed by atoms with Crippen molar-refractivity contribution in [2.75, 3.05) is 5.01 Å². The van der Waals surface area contributed by atoms with Gasteiger partial charge in [-0.25, -0.2) is 5.01 Å². The fourth-order valence-electron chi connectivity index (χ4n) is 2.35. The standard InChI is InChI=1S/C14H12ClN3O2/c1-2-9-13(19)17-18(14(9)20)12-5-6-16-11-7-8(15)3-4-10(11)12/h3-7,9H,2H2,1H3,(H,17,19). The SMILES string of the molecule is CCC1C(=O)NN(c2ccnc3cc(Cl)ccc23)C1=O. The maximum absolute atomic E-state index is 12.3. The van der Waals surface area contributed by atoms with E-state index in [4.69, 9.17) is 11.6 Å². The highest BCUT2D eigenvalue weighted by Crippen LogP contribution is 2.29. The molecule has 20 heavy (non-hydrogen) atoms. The van der Waals surface area contributed by atoms with E-state index in [1.54, 1.807) is 30.5 Å². The number of rotatable bonds is 2. The van der Waals surface area contributed by atoms with E-state index in [0.717, 1.165) is 5.39 Å². The molecule has 102 valence electrons. The molecule has 2 heterocycles. The molecular weight excluding hydrogens is 278 g/mol. The van der Waals surface area contributed by atoms with Crippen LogP contribution in [0.1, 0.15) is 13.3 Å². The number of halogens is 1. The lowest BCUT2D eigenvalue weighted by atomic mass is 10.1. The van der Waals surface area contributed by atoms with Crippen molar-refractivity contribution in [1.82, 2.24) is 10.4 Å². The van der Waals surface area contributed by atoms with Crippen LogP contribution in [0.25, 0.3) is 10.9 Å². The van der Waals surface area contributed by atoms with Gasteiger partial charge in [0.05, 0.1) is 11.2 Å². The highest BCUT2D eigenvalue weighted by atomic mass is 35.5. The van der Waals surface area contributed by atoms with Gasteiger partial charge in [0.2, 0.25) is 0 Å². The third-order valence-electron chi connectivity index (χ3n) is 3.39. The summed E-state index contributed by atoms with van der Waals surface area (Å²) in [6.07, 6.45) is 2.07. The maximum atomic E-state index is 12.3. The van der Waals surface area contributed by atoms with E-state index in [9.17, 15) is 9.59 Å². The lowest BCUT2D eigenvalue weighted by Crippen LogP contribution is -2.36. The molecule has 3 rings (SSSR count). The predicted octanol–water partition coefficient (Wildman–Crippen LogP) is 2.29. The number of carbonyl (C=O) groups is 2. The first-order chi connectivity index (χ1) is 9.61. The lowest BCUT2D eigenvalue weighted by Gasteiger charge is -2.17. The molecule has 1 saturated heterocycles. The van der Waals surface area contributed by atoms with Crippen LogP contribution >= 0.6 is 11.6 Å². The van der Waals surface area contributed by atoms with Gasteiger partial charge in [-0.3, -0.25) is 20.0 Å². The number of benzene rings is 1. The number of hydrazine groups is 1. The predicted molar refractivity (Wildman–Crippen MR) is 76.2 cm³/mol. The number of amides is 2. The van der Waals surface area contributed by atoms with Crippen molar-refractivity contribution in [3.63, 3.8) is 0 Å². The van der Waals surface area contributed by atoms with Gasteiger partial charge in [-0.1, -0.05) is 18.5 Å². The van der Waals surface area contributed by atoms with E-state index < -0.39 is 5.92 Å². The minimum atomic E-state index is -0.620. The van der Waals surface area contributed by atoms with Crippen LogP contribution in [0.3, 0.4) is 0 Å². The molecule has 2 amide bonds. The average Bonchev–Trinajstić information content (AvgIpc) is 2.72.